The molecule has 0 heterocycles. The molecule has 72 heavy (non-hydrogen) atoms. The van der Waals surface area contributed by atoms with E-state index in [1.54, 1.807) is 0 Å². The molecule has 0 saturated heterocycles. The molecular weight excluding hydrogens is 961 g/mol. The molecule has 0 unspecified atom stereocenters. The first-order chi connectivity index (χ1) is 33.9. The van der Waals surface area contributed by atoms with E-state index in [0.717, 1.165) is 42.5 Å². The van der Waals surface area contributed by atoms with Crippen molar-refractivity contribution < 1.29 is 121 Å². The van der Waals surface area contributed by atoms with Gasteiger partial charge in [0.15, 0.2) is 46.0 Å². The molecule has 0 fully saturated rings. The van der Waals surface area contributed by atoms with Crippen LogP contribution in [0.5, 0.6) is 161 Å². The molecule has 0 aliphatic heterocycles. The summed E-state index contributed by atoms with van der Waals surface area (Å²) in [7, 11) is 0. The summed E-state index contributed by atoms with van der Waals surface area (Å²) in [6.07, 6.45) is 0. The van der Waals surface area contributed by atoms with Gasteiger partial charge in [0.25, 0.3) is 0 Å². The molecule has 24 nitrogen and oxygen atoms in total. The average molecular weight is 995 g/mol. The van der Waals surface area contributed by atoms with Crippen LogP contribution in [0, 0.1) is 0 Å². The van der Waals surface area contributed by atoms with Crippen molar-refractivity contribution in [1.82, 2.24) is 0 Å². The molecule has 0 bridgehead atoms. The Morgan fingerprint density at radius 1 is 0.194 bits per heavy atom. The van der Waals surface area contributed by atoms with Crippen LogP contribution in [0.3, 0.4) is 0 Å². The topological polar surface area (TPSA) is 442 Å². The van der Waals surface area contributed by atoms with Crippen molar-refractivity contribution in [2.24, 2.45) is 0 Å². The van der Waals surface area contributed by atoms with Crippen LogP contribution in [-0.2, 0) is 0 Å². The minimum absolute atomic E-state index is 0.467. The van der Waals surface area contributed by atoms with Gasteiger partial charge >= 0.3 is 0 Å². The Hall–Kier alpha value is -11.0. The van der Waals surface area contributed by atoms with Gasteiger partial charge in [-0.3, -0.25) is 0 Å². The molecule has 0 amide bonds. The van der Waals surface area contributed by atoms with Crippen LogP contribution in [0.25, 0.3) is 33.4 Å². The molecule has 0 aromatic heterocycles. The number of ether oxygens (including phenoxy) is 4. The first-order valence-electron chi connectivity index (χ1n) is 19.9. The van der Waals surface area contributed by atoms with Crippen molar-refractivity contribution in [2.75, 3.05) is 0 Å². The highest BCUT2D eigenvalue weighted by Gasteiger charge is 2.33. The summed E-state index contributed by atoms with van der Waals surface area (Å²) in [5, 5.41) is 216. The molecule has 0 atom stereocenters. The maximum absolute atomic E-state index is 11.9. The Bertz CT molecular complexity index is 3460. The number of rotatable bonds is 11. The minimum Gasteiger partial charge on any atom is -0.508 e. The van der Waals surface area contributed by atoms with E-state index in [1.165, 1.54) is 0 Å². The summed E-state index contributed by atoms with van der Waals surface area (Å²) in [5.74, 6) is -25.7. The summed E-state index contributed by atoms with van der Waals surface area (Å²) in [6.45, 7) is 0. The fourth-order valence-electron chi connectivity index (χ4n) is 7.43. The molecule has 0 aliphatic rings. The van der Waals surface area contributed by atoms with E-state index in [2.05, 4.69) is 0 Å². The molecule has 0 spiro atoms. The van der Waals surface area contributed by atoms with Crippen LogP contribution < -0.4 is 18.9 Å². The zero-order valence-corrected chi connectivity index (χ0v) is 35.7. The molecule has 0 aliphatic carbocycles. The van der Waals surface area contributed by atoms with Crippen LogP contribution in [0.4, 0.5) is 0 Å². The highest BCUT2D eigenvalue weighted by atomic mass is 16.6. The summed E-state index contributed by atoms with van der Waals surface area (Å²) < 4.78 is 23.3. The summed E-state index contributed by atoms with van der Waals surface area (Å²) in [4.78, 5) is 0. The van der Waals surface area contributed by atoms with Gasteiger partial charge in [0, 0.05) is 84.9 Å². The van der Waals surface area contributed by atoms with Gasteiger partial charge in [-0.05, 0) is 0 Å². The Morgan fingerprint density at radius 3 is 0.972 bits per heavy atom. The van der Waals surface area contributed by atoms with Gasteiger partial charge in [0.05, 0.1) is 33.4 Å². The number of benzene rings is 8. The first-order valence-corrected chi connectivity index (χ1v) is 19.9. The SMILES string of the molecule is Oc1cc(O)cc(Oc2c(Oc3c(O)cc(O)c(-c4c(O)cc(O)c(-c5c(O)cc(O)cc5O)c4O)c3O)cc(O)cc2Oc2c(O)cc(Oc3c(O)cc(O)cc3O)c(-c3c(O)cc(O)cc3O)c2O)c1. The number of phenolic OH excluding ortho intramolecular Hbond substituents is 20. The molecule has 20 N–H and O–H groups in total. The predicted octanol–water partition coefficient (Wildman–Crippen LogP) is 7.97. The Balaban J connectivity index is 1.33. The van der Waals surface area contributed by atoms with E-state index in [-0.39, 0.29) is 0 Å². The quantitative estimate of drug-likeness (QED) is 0.0583. The summed E-state index contributed by atoms with van der Waals surface area (Å²) in [6, 6.07) is 10.1. The highest BCUT2D eigenvalue weighted by molar-refractivity contribution is 5.97. The van der Waals surface area contributed by atoms with Gasteiger partial charge < -0.3 is 121 Å². The van der Waals surface area contributed by atoms with Crippen molar-refractivity contribution in [3.8, 4) is 194 Å². The van der Waals surface area contributed by atoms with Gasteiger partial charge in [0.1, 0.15) is 92.0 Å². The predicted molar refractivity (Wildman–Crippen MR) is 242 cm³/mol. The van der Waals surface area contributed by atoms with Crippen molar-refractivity contribution in [2.45, 2.75) is 0 Å². The molecule has 8 aromatic rings. The number of hydrogen-bond donors (Lipinski definition) is 20. The normalized spacial score (nSPS) is 11.1. The van der Waals surface area contributed by atoms with E-state index >= 15 is 0 Å². The lowest BCUT2D eigenvalue weighted by Crippen LogP contribution is -1.98. The zero-order valence-electron chi connectivity index (χ0n) is 35.7. The van der Waals surface area contributed by atoms with Crippen molar-refractivity contribution in [1.29, 1.82) is 0 Å². The Labute approximate surface area is 399 Å². The van der Waals surface area contributed by atoms with Crippen molar-refractivity contribution in [3.05, 3.63) is 84.9 Å². The summed E-state index contributed by atoms with van der Waals surface area (Å²) in [5.41, 5.74) is -5.03. The van der Waals surface area contributed by atoms with E-state index in [9.17, 15) is 102 Å². The van der Waals surface area contributed by atoms with E-state index in [0.29, 0.717) is 42.5 Å². The molecular formula is C48H34O24. The van der Waals surface area contributed by atoms with E-state index in [4.69, 9.17) is 18.9 Å². The second-order valence-corrected chi connectivity index (χ2v) is 15.3. The lowest BCUT2D eigenvalue weighted by Gasteiger charge is -2.22. The number of aromatic hydroxyl groups is 20. The molecule has 8 rings (SSSR count). The molecule has 370 valence electrons. The summed E-state index contributed by atoms with van der Waals surface area (Å²) >= 11 is 0. The van der Waals surface area contributed by atoms with E-state index < -0.39 is 194 Å². The fourth-order valence-corrected chi connectivity index (χ4v) is 7.43. The maximum atomic E-state index is 11.9. The van der Waals surface area contributed by atoms with Crippen LogP contribution in [0.15, 0.2) is 84.9 Å². The van der Waals surface area contributed by atoms with Crippen LogP contribution >= 0.6 is 0 Å². The van der Waals surface area contributed by atoms with Gasteiger partial charge in [-0.15, -0.1) is 0 Å². The second kappa shape index (κ2) is 17.6. The highest BCUT2D eigenvalue weighted by Crippen LogP contribution is 2.62. The van der Waals surface area contributed by atoms with Crippen LogP contribution in [0.2, 0.25) is 0 Å². The monoisotopic (exact) mass is 994 g/mol. The third kappa shape index (κ3) is 8.47. The standard InChI is InChI=1S/C48H34O24/c49-15-1-16(50)3-21(2-15)69-48-34(71-46-31(64)13-28(61)40(43(46)67)39-27(60)12-26(59)38(42(39)66)36-22(55)4-17(51)5-23(36)56)10-20(54)11-35(48)72-47-32(65)14-33(70-45-29(62)8-19(53)9-30(45)63)41(44(47)68)37-24(57)6-18(52)7-25(37)58/h1-14,49-68H. The molecule has 0 saturated carbocycles. The van der Waals surface area contributed by atoms with Gasteiger partial charge in [-0.25, -0.2) is 0 Å². The second-order valence-electron chi connectivity index (χ2n) is 15.3. The van der Waals surface area contributed by atoms with Crippen LogP contribution in [0.1, 0.15) is 0 Å². The third-order valence-corrected chi connectivity index (χ3v) is 10.4. The smallest absolute Gasteiger partial charge is 0.212 e. The zero-order chi connectivity index (χ0) is 52.4. The molecule has 0 radical (unpaired) electrons. The first kappa shape index (κ1) is 47.5. The Kier molecular flexibility index (Phi) is 11.6. The minimum atomic E-state index is -1.35. The van der Waals surface area contributed by atoms with Crippen molar-refractivity contribution in [3.63, 3.8) is 0 Å². The molecule has 8 aromatic carbocycles. The maximum Gasteiger partial charge on any atom is 0.212 e. The molecule has 24 heteroatoms. The Morgan fingerprint density at radius 2 is 0.500 bits per heavy atom. The van der Waals surface area contributed by atoms with Crippen molar-refractivity contribution >= 4 is 0 Å². The van der Waals surface area contributed by atoms with Gasteiger partial charge in [0.2, 0.25) is 23.0 Å². The van der Waals surface area contributed by atoms with Gasteiger partial charge in [-0.1, -0.05) is 0 Å². The lowest BCUT2D eigenvalue weighted by molar-refractivity contribution is 0.334. The van der Waals surface area contributed by atoms with E-state index in [1.807, 2.05) is 0 Å². The lowest BCUT2D eigenvalue weighted by atomic mass is 9.93. The van der Waals surface area contributed by atoms with Gasteiger partial charge in [-0.2, -0.15) is 0 Å². The largest absolute Gasteiger partial charge is 0.508 e. The number of phenols is 20. The fraction of sp³-hybridized carbons (Fsp3) is 0. The third-order valence-electron chi connectivity index (χ3n) is 10.4. The average Bonchev–Trinajstić information content (AvgIpc) is 3.25. The number of hydrogen-bond acceptors (Lipinski definition) is 24. The van der Waals surface area contributed by atoms with Crippen LogP contribution in [-0.4, -0.2) is 102 Å².